The van der Waals surface area contributed by atoms with Gasteiger partial charge in [-0.25, -0.2) is 4.79 Å². The molecule has 172 valence electrons. The van der Waals surface area contributed by atoms with E-state index in [0.717, 1.165) is 75.7 Å². The summed E-state index contributed by atoms with van der Waals surface area (Å²) in [6, 6.07) is 0. The normalized spacial score (nSPS) is 30.1. The molecule has 2 saturated heterocycles. The Morgan fingerprint density at radius 2 is 1.83 bits per heavy atom. The van der Waals surface area contributed by atoms with Crippen molar-refractivity contribution in [3.8, 4) is 0 Å². The zero-order valence-corrected chi connectivity index (χ0v) is 20.0. The minimum atomic E-state index is -0.180. The van der Waals surface area contributed by atoms with Gasteiger partial charge >= 0.3 is 6.09 Å². The number of piperidine rings is 2. The standard InChI is InChI=1S/C24H42N2O3S/c1-3-30-26-14-5-19(6-15-26)18-28-16-9-21-17-22(21)20-7-12-25(13-8-20)23(27)29-24(2)10-4-11-24/h19-22H,3-18H2,1-2H3. The summed E-state index contributed by atoms with van der Waals surface area (Å²) in [5.74, 6) is 4.50. The van der Waals surface area contributed by atoms with Crippen molar-refractivity contribution in [1.29, 1.82) is 0 Å². The average Bonchev–Trinajstić information content (AvgIpc) is 3.51. The molecule has 0 aromatic rings. The second kappa shape index (κ2) is 10.4. The van der Waals surface area contributed by atoms with Crippen LogP contribution in [0.3, 0.4) is 0 Å². The van der Waals surface area contributed by atoms with E-state index in [9.17, 15) is 4.79 Å². The molecule has 6 heteroatoms. The predicted molar refractivity (Wildman–Crippen MR) is 122 cm³/mol. The van der Waals surface area contributed by atoms with E-state index < -0.39 is 0 Å². The average molecular weight is 439 g/mol. The first-order chi connectivity index (χ1) is 14.6. The van der Waals surface area contributed by atoms with Crippen molar-refractivity contribution in [2.45, 2.75) is 77.2 Å². The Labute approximate surface area is 187 Å². The number of carbonyl (C=O) groups excluding carboxylic acids is 1. The fourth-order valence-electron chi connectivity index (χ4n) is 5.61. The number of ether oxygens (including phenoxy) is 2. The van der Waals surface area contributed by atoms with Gasteiger partial charge in [-0.15, -0.1) is 0 Å². The molecule has 2 saturated carbocycles. The summed E-state index contributed by atoms with van der Waals surface area (Å²) in [7, 11) is 0. The van der Waals surface area contributed by atoms with Crippen LogP contribution in [0.5, 0.6) is 0 Å². The van der Waals surface area contributed by atoms with Gasteiger partial charge in [0.25, 0.3) is 0 Å². The topological polar surface area (TPSA) is 42.0 Å². The molecule has 2 aliphatic carbocycles. The molecule has 5 nitrogen and oxygen atoms in total. The maximum Gasteiger partial charge on any atom is 0.410 e. The van der Waals surface area contributed by atoms with Crippen molar-refractivity contribution in [2.75, 3.05) is 45.1 Å². The number of nitrogens with zero attached hydrogens (tertiary/aromatic N) is 2. The second-order valence-corrected chi connectivity index (χ2v) is 11.7. The molecule has 0 N–H and O–H groups in total. The smallest absolute Gasteiger partial charge is 0.410 e. The number of rotatable bonds is 9. The van der Waals surface area contributed by atoms with Crippen LogP contribution in [0, 0.1) is 23.7 Å². The number of hydrogen-bond acceptors (Lipinski definition) is 5. The molecule has 2 atom stereocenters. The van der Waals surface area contributed by atoms with Crippen molar-refractivity contribution < 1.29 is 14.3 Å². The van der Waals surface area contributed by atoms with E-state index in [1.165, 1.54) is 50.9 Å². The summed E-state index contributed by atoms with van der Waals surface area (Å²) in [6.07, 6.45) is 10.7. The second-order valence-electron chi connectivity index (χ2n) is 10.3. The maximum atomic E-state index is 12.4. The van der Waals surface area contributed by atoms with Crippen molar-refractivity contribution in [3.05, 3.63) is 0 Å². The lowest BCUT2D eigenvalue weighted by Crippen LogP contribution is -2.46. The van der Waals surface area contributed by atoms with Crippen LogP contribution >= 0.6 is 11.9 Å². The zero-order valence-electron chi connectivity index (χ0n) is 19.2. The Morgan fingerprint density at radius 3 is 2.47 bits per heavy atom. The van der Waals surface area contributed by atoms with Gasteiger partial charge in [0.05, 0.1) is 0 Å². The van der Waals surface area contributed by atoms with E-state index >= 15 is 0 Å². The van der Waals surface area contributed by atoms with Gasteiger partial charge in [0.2, 0.25) is 0 Å². The Kier molecular flexibility index (Phi) is 7.91. The molecule has 2 aliphatic heterocycles. The van der Waals surface area contributed by atoms with Gasteiger partial charge in [-0.1, -0.05) is 18.9 Å². The largest absolute Gasteiger partial charge is 0.443 e. The van der Waals surface area contributed by atoms with Crippen LogP contribution in [0.4, 0.5) is 4.79 Å². The molecule has 2 heterocycles. The van der Waals surface area contributed by atoms with Crippen molar-refractivity contribution in [1.82, 2.24) is 9.21 Å². The highest BCUT2D eigenvalue weighted by Crippen LogP contribution is 2.50. The highest BCUT2D eigenvalue weighted by atomic mass is 32.2. The van der Waals surface area contributed by atoms with Gasteiger partial charge in [0.1, 0.15) is 5.60 Å². The summed E-state index contributed by atoms with van der Waals surface area (Å²) in [4.78, 5) is 14.4. The van der Waals surface area contributed by atoms with Crippen LogP contribution in [-0.4, -0.2) is 66.0 Å². The summed E-state index contributed by atoms with van der Waals surface area (Å²) < 4.78 is 14.3. The monoisotopic (exact) mass is 438 g/mol. The molecule has 0 bridgehead atoms. The third kappa shape index (κ3) is 6.07. The number of amides is 1. The lowest BCUT2D eigenvalue weighted by Gasteiger charge is -2.40. The lowest BCUT2D eigenvalue weighted by molar-refractivity contribution is -0.0508. The van der Waals surface area contributed by atoms with Crippen molar-refractivity contribution >= 4 is 18.0 Å². The van der Waals surface area contributed by atoms with Crippen LogP contribution in [0.2, 0.25) is 0 Å². The molecule has 2 unspecified atom stereocenters. The maximum absolute atomic E-state index is 12.4. The minimum absolute atomic E-state index is 0.0736. The van der Waals surface area contributed by atoms with Gasteiger partial charge in [0, 0.05) is 45.1 Å². The number of hydrogen-bond donors (Lipinski definition) is 0. The van der Waals surface area contributed by atoms with Crippen LogP contribution in [-0.2, 0) is 9.47 Å². The molecule has 0 spiro atoms. The molecule has 0 aromatic carbocycles. The first-order valence-electron chi connectivity index (χ1n) is 12.5. The van der Waals surface area contributed by atoms with E-state index in [0.29, 0.717) is 0 Å². The lowest BCUT2D eigenvalue weighted by atomic mass is 9.82. The van der Waals surface area contributed by atoms with E-state index in [1.54, 1.807) is 0 Å². The van der Waals surface area contributed by atoms with Gasteiger partial charge in [-0.3, -0.25) is 4.31 Å². The summed E-state index contributed by atoms with van der Waals surface area (Å²) >= 11 is 1.98. The highest BCUT2D eigenvalue weighted by molar-refractivity contribution is 7.96. The Balaban J connectivity index is 1.04. The summed E-state index contributed by atoms with van der Waals surface area (Å²) in [5, 5.41) is 0. The van der Waals surface area contributed by atoms with Gasteiger partial charge in [-0.2, -0.15) is 0 Å². The molecular formula is C24H42N2O3S. The molecule has 30 heavy (non-hydrogen) atoms. The summed E-state index contributed by atoms with van der Waals surface area (Å²) in [6.45, 7) is 10.4. The van der Waals surface area contributed by atoms with Crippen molar-refractivity contribution in [3.63, 3.8) is 0 Å². The Hall–Kier alpha value is -0.460. The first-order valence-corrected chi connectivity index (χ1v) is 13.4. The van der Waals surface area contributed by atoms with Gasteiger partial charge < -0.3 is 14.4 Å². The quantitative estimate of drug-likeness (QED) is 0.366. The Morgan fingerprint density at radius 1 is 1.10 bits per heavy atom. The van der Waals surface area contributed by atoms with E-state index in [1.807, 2.05) is 16.8 Å². The summed E-state index contributed by atoms with van der Waals surface area (Å²) in [5.41, 5.74) is -0.180. The third-order valence-electron chi connectivity index (χ3n) is 8.00. The van der Waals surface area contributed by atoms with E-state index in [-0.39, 0.29) is 11.7 Å². The van der Waals surface area contributed by atoms with Crippen LogP contribution in [0.1, 0.15) is 71.6 Å². The third-order valence-corrected chi connectivity index (χ3v) is 8.99. The molecule has 4 fully saturated rings. The number of carbonyl (C=O) groups is 1. The Bertz CT molecular complexity index is 555. The molecule has 0 aromatic heterocycles. The molecular weight excluding hydrogens is 396 g/mol. The minimum Gasteiger partial charge on any atom is -0.443 e. The fraction of sp³-hybridized carbons (Fsp3) is 0.958. The zero-order chi connectivity index (χ0) is 21.0. The van der Waals surface area contributed by atoms with E-state index in [2.05, 4.69) is 18.2 Å². The SMILES string of the molecule is CCSN1CCC(COCCC2CC2C2CCN(C(=O)OC3(C)CCC3)CC2)CC1. The molecule has 4 aliphatic rings. The van der Waals surface area contributed by atoms with Gasteiger partial charge in [0.15, 0.2) is 0 Å². The first kappa shape index (κ1) is 22.7. The molecule has 1 amide bonds. The predicted octanol–water partition coefficient (Wildman–Crippen LogP) is 5.20. The fourth-order valence-corrected chi connectivity index (χ4v) is 6.45. The van der Waals surface area contributed by atoms with Crippen LogP contribution < -0.4 is 0 Å². The highest BCUT2D eigenvalue weighted by Gasteiger charge is 2.44. The van der Waals surface area contributed by atoms with Gasteiger partial charge in [-0.05, 0) is 88.4 Å². The van der Waals surface area contributed by atoms with Crippen LogP contribution in [0.15, 0.2) is 0 Å². The molecule has 4 rings (SSSR count). The van der Waals surface area contributed by atoms with Crippen LogP contribution in [0.25, 0.3) is 0 Å². The van der Waals surface area contributed by atoms with Crippen molar-refractivity contribution in [2.24, 2.45) is 23.7 Å². The van der Waals surface area contributed by atoms with E-state index in [4.69, 9.17) is 9.47 Å². The number of likely N-dealkylation sites (tertiary alicyclic amines) is 1. The molecule has 0 radical (unpaired) electrons.